The molecule has 3 heterocycles. The molecule has 0 spiro atoms. The fourth-order valence-electron chi connectivity index (χ4n) is 3.53. The lowest BCUT2D eigenvalue weighted by Crippen LogP contribution is -2.26. The first-order valence-electron chi connectivity index (χ1n) is 9.77. The third kappa shape index (κ3) is 5.18. The fourth-order valence-corrected chi connectivity index (χ4v) is 3.53. The molecule has 6 heteroatoms. The lowest BCUT2D eigenvalue weighted by molar-refractivity contribution is 0.244. The summed E-state index contributed by atoms with van der Waals surface area (Å²) in [5.41, 5.74) is 3.20. The molecular formula is C23H24FN5. The number of hydrogen-bond donors (Lipinski definition) is 0. The molecule has 0 fully saturated rings. The smallest absolute Gasteiger partial charge is 0.123 e. The zero-order valence-electron chi connectivity index (χ0n) is 16.2. The molecule has 0 N–H and O–H groups in total. The second-order valence-electron chi connectivity index (χ2n) is 7.08. The van der Waals surface area contributed by atoms with Crippen LogP contribution in [0.1, 0.15) is 17.7 Å². The summed E-state index contributed by atoms with van der Waals surface area (Å²) < 4.78 is 17.9. The van der Waals surface area contributed by atoms with Gasteiger partial charge in [0.2, 0.25) is 0 Å². The highest BCUT2D eigenvalue weighted by Crippen LogP contribution is 2.16. The summed E-state index contributed by atoms with van der Waals surface area (Å²) in [5.74, 6) is -0.195. The van der Waals surface area contributed by atoms with Crippen LogP contribution in [0.15, 0.2) is 85.8 Å². The first-order valence-corrected chi connectivity index (χ1v) is 9.77. The maximum Gasteiger partial charge on any atom is 0.123 e. The van der Waals surface area contributed by atoms with E-state index in [1.165, 1.54) is 11.8 Å². The minimum Gasteiger partial charge on any atom is -0.337 e. The number of nitrogens with zero attached hydrogens (tertiary/aromatic N) is 5. The van der Waals surface area contributed by atoms with E-state index in [9.17, 15) is 4.39 Å². The molecule has 0 radical (unpaired) electrons. The summed E-state index contributed by atoms with van der Waals surface area (Å²) in [6.45, 7) is 3.26. The summed E-state index contributed by atoms with van der Waals surface area (Å²) in [4.78, 5) is 10.7. The van der Waals surface area contributed by atoms with Gasteiger partial charge in [-0.3, -0.25) is 9.88 Å². The van der Waals surface area contributed by atoms with Crippen molar-refractivity contribution in [3.63, 3.8) is 0 Å². The first kappa shape index (κ1) is 19.1. The Morgan fingerprint density at radius 1 is 0.931 bits per heavy atom. The van der Waals surface area contributed by atoms with Gasteiger partial charge in [0, 0.05) is 56.7 Å². The van der Waals surface area contributed by atoms with Crippen molar-refractivity contribution in [2.45, 2.75) is 26.1 Å². The van der Waals surface area contributed by atoms with E-state index in [0.717, 1.165) is 37.3 Å². The summed E-state index contributed by atoms with van der Waals surface area (Å²) >= 11 is 0. The van der Waals surface area contributed by atoms with Crippen molar-refractivity contribution in [2.24, 2.45) is 0 Å². The molecule has 0 saturated heterocycles. The maximum absolute atomic E-state index is 13.7. The zero-order chi connectivity index (χ0) is 19.9. The quantitative estimate of drug-likeness (QED) is 0.428. The molecule has 0 aliphatic heterocycles. The Bertz CT molecular complexity index is 1010. The zero-order valence-corrected chi connectivity index (χ0v) is 16.2. The monoisotopic (exact) mass is 389 g/mol. The van der Waals surface area contributed by atoms with Gasteiger partial charge in [-0.2, -0.15) is 0 Å². The highest BCUT2D eigenvalue weighted by molar-refractivity contribution is 5.32. The summed E-state index contributed by atoms with van der Waals surface area (Å²) in [7, 11) is 0. The minimum absolute atomic E-state index is 0.195. The Balaban J connectivity index is 1.49. The summed E-state index contributed by atoms with van der Waals surface area (Å²) in [5, 5.41) is 0. The van der Waals surface area contributed by atoms with Crippen molar-refractivity contribution in [2.75, 3.05) is 6.54 Å². The van der Waals surface area contributed by atoms with Gasteiger partial charge in [0.15, 0.2) is 0 Å². The van der Waals surface area contributed by atoms with Crippen molar-refractivity contribution >= 4 is 0 Å². The van der Waals surface area contributed by atoms with Crippen molar-refractivity contribution in [3.05, 3.63) is 103 Å². The SMILES string of the molecule is Fc1cccc(CN(CCCn2ccnc2)Cc2cccn2-c2cccnc2)c1. The molecule has 1 aromatic carbocycles. The fraction of sp³-hybridized carbons (Fsp3) is 0.217. The molecule has 29 heavy (non-hydrogen) atoms. The van der Waals surface area contributed by atoms with Crippen LogP contribution in [0.3, 0.4) is 0 Å². The van der Waals surface area contributed by atoms with Gasteiger partial charge >= 0.3 is 0 Å². The number of aryl methyl sites for hydroxylation is 1. The highest BCUT2D eigenvalue weighted by atomic mass is 19.1. The average Bonchev–Trinajstić information content (AvgIpc) is 3.41. The van der Waals surface area contributed by atoms with Crippen LogP contribution >= 0.6 is 0 Å². The van der Waals surface area contributed by atoms with Crippen LogP contribution in [-0.4, -0.2) is 30.5 Å². The van der Waals surface area contributed by atoms with Crippen LogP contribution in [-0.2, 0) is 19.6 Å². The Hall–Kier alpha value is -3.25. The van der Waals surface area contributed by atoms with Gasteiger partial charge in [-0.25, -0.2) is 9.37 Å². The number of rotatable bonds is 9. The van der Waals surface area contributed by atoms with Gasteiger partial charge in [-0.15, -0.1) is 0 Å². The van der Waals surface area contributed by atoms with Gasteiger partial charge in [0.05, 0.1) is 18.2 Å². The molecule has 4 rings (SSSR count). The highest BCUT2D eigenvalue weighted by Gasteiger charge is 2.12. The average molecular weight is 389 g/mol. The molecule has 0 aliphatic carbocycles. The van der Waals surface area contributed by atoms with E-state index in [1.54, 1.807) is 24.5 Å². The van der Waals surface area contributed by atoms with E-state index in [2.05, 4.69) is 36.3 Å². The van der Waals surface area contributed by atoms with Crippen molar-refractivity contribution < 1.29 is 4.39 Å². The number of benzene rings is 1. The third-order valence-corrected chi connectivity index (χ3v) is 4.89. The Kier molecular flexibility index (Phi) is 6.12. The van der Waals surface area contributed by atoms with Crippen LogP contribution in [0, 0.1) is 5.82 Å². The van der Waals surface area contributed by atoms with Crippen LogP contribution in [0.4, 0.5) is 4.39 Å². The van der Waals surface area contributed by atoms with Crippen molar-refractivity contribution in [1.82, 2.24) is 24.0 Å². The van der Waals surface area contributed by atoms with E-state index in [1.807, 2.05) is 43.0 Å². The van der Waals surface area contributed by atoms with Gasteiger partial charge in [0.1, 0.15) is 5.82 Å². The molecule has 3 aromatic heterocycles. The molecule has 0 bridgehead atoms. The van der Waals surface area contributed by atoms with E-state index < -0.39 is 0 Å². The first-order chi connectivity index (χ1) is 14.3. The van der Waals surface area contributed by atoms with Gasteiger partial charge in [0.25, 0.3) is 0 Å². The Morgan fingerprint density at radius 2 is 1.90 bits per heavy atom. The molecule has 0 aliphatic rings. The minimum atomic E-state index is -0.195. The number of aromatic nitrogens is 4. The second-order valence-corrected chi connectivity index (χ2v) is 7.08. The predicted molar refractivity (Wildman–Crippen MR) is 111 cm³/mol. The molecule has 5 nitrogen and oxygen atoms in total. The van der Waals surface area contributed by atoms with Crippen molar-refractivity contribution in [1.29, 1.82) is 0 Å². The van der Waals surface area contributed by atoms with Crippen LogP contribution < -0.4 is 0 Å². The molecule has 0 atom stereocenters. The molecule has 4 aromatic rings. The van der Waals surface area contributed by atoms with E-state index in [-0.39, 0.29) is 5.82 Å². The molecular weight excluding hydrogens is 365 g/mol. The normalized spacial score (nSPS) is 11.2. The van der Waals surface area contributed by atoms with E-state index in [4.69, 9.17) is 0 Å². The van der Waals surface area contributed by atoms with Gasteiger partial charge in [-0.1, -0.05) is 12.1 Å². The van der Waals surface area contributed by atoms with Crippen LogP contribution in [0.5, 0.6) is 0 Å². The molecule has 0 unspecified atom stereocenters. The predicted octanol–water partition coefficient (Wildman–Crippen LogP) is 4.30. The lowest BCUT2D eigenvalue weighted by atomic mass is 10.2. The van der Waals surface area contributed by atoms with Gasteiger partial charge in [-0.05, 0) is 48.4 Å². The summed E-state index contributed by atoms with van der Waals surface area (Å²) in [6.07, 6.45) is 12.3. The summed E-state index contributed by atoms with van der Waals surface area (Å²) in [6, 6.07) is 15.0. The number of halogens is 1. The third-order valence-electron chi connectivity index (χ3n) is 4.89. The second kappa shape index (κ2) is 9.30. The largest absolute Gasteiger partial charge is 0.337 e. The van der Waals surface area contributed by atoms with Crippen LogP contribution in [0.25, 0.3) is 5.69 Å². The number of hydrogen-bond acceptors (Lipinski definition) is 3. The molecule has 148 valence electrons. The number of pyridine rings is 1. The van der Waals surface area contributed by atoms with E-state index in [0.29, 0.717) is 6.54 Å². The van der Waals surface area contributed by atoms with Crippen molar-refractivity contribution in [3.8, 4) is 5.69 Å². The topological polar surface area (TPSA) is 38.9 Å². The lowest BCUT2D eigenvalue weighted by Gasteiger charge is -2.23. The maximum atomic E-state index is 13.7. The standard InChI is InChI=1S/C23H24FN5/c24-21-6-1-5-20(15-21)17-28(12-4-11-27-14-10-26-19-27)18-23-8-3-13-29(23)22-7-2-9-25-16-22/h1-3,5-10,13-16,19H,4,11-12,17-18H2. The Labute approximate surface area is 170 Å². The van der Waals surface area contributed by atoms with Crippen LogP contribution in [0.2, 0.25) is 0 Å². The molecule has 0 amide bonds. The molecule has 0 saturated carbocycles. The van der Waals surface area contributed by atoms with Gasteiger partial charge < -0.3 is 9.13 Å². The number of imidazole rings is 1. The van der Waals surface area contributed by atoms with E-state index >= 15 is 0 Å². The Morgan fingerprint density at radius 3 is 2.69 bits per heavy atom.